The number of anilines is 1. The number of fused-ring (bicyclic) bond motifs is 2. The van der Waals surface area contributed by atoms with Crippen molar-refractivity contribution < 1.29 is 33.8 Å². The minimum Gasteiger partial charge on any atom is -0.455 e. The zero-order chi connectivity index (χ0) is 33.3. The summed E-state index contributed by atoms with van der Waals surface area (Å²) in [7, 11) is 0. The standard InChI is InChI=1S/C36H40ClN3O7/c1-22-12-10-15-25(37)30(22)39-20-11-18-36-29(33(43)40(19-8-9-21-41)32(36)34(39)44)28-26(47-36)16-6-7-17-27(42)38-23(2)31(46-35(28)45)24-13-4-3-5-14-24/h3-6,10-16,18,23,26,28-29,31-32,41H,7-9,17,19-21H2,1-2H3,(H,38,42)/b16-6-/t23-,26-,28+,29+,31+,32-,36+/m0/s1. The molecule has 3 amide bonds. The highest BCUT2D eigenvalue weighted by atomic mass is 35.5. The first kappa shape index (κ1) is 32.9. The molecule has 0 aliphatic carbocycles. The van der Waals surface area contributed by atoms with Crippen LogP contribution in [0, 0.1) is 18.8 Å². The van der Waals surface area contributed by atoms with Crippen molar-refractivity contribution in [3.63, 3.8) is 0 Å². The Morgan fingerprint density at radius 3 is 2.55 bits per heavy atom. The first-order valence-corrected chi connectivity index (χ1v) is 16.6. The number of hydrogen-bond donors (Lipinski definition) is 2. The third-order valence-electron chi connectivity index (χ3n) is 9.61. The quantitative estimate of drug-likeness (QED) is 0.272. The van der Waals surface area contributed by atoms with E-state index in [4.69, 9.17) is 21.1 Å². The topological polar surface area (TPSA) is 125 Å². The zero-order valence-electron chi connectivity index (χ0n) is 26.5. The molecule has 2 aromatic rings. The van der Waals surface area contributed by atoms with Crippen LogP contribution in [0.25, 0.3) is 0 Å². The van der Waals surface area contributed by atoms with Gasteiger partial charge in [0.1, 0.15) is 23.7 Å². The average Bonchev–Trinajstić information content (AvgIpc) is 3.43. The van der Waals surface area contributed by atoms with Gasteiger partial charge in [0.25, 0.3) is 5.91 Å². The number of allylic oxidation sites excluding steroid dienone is 1. The smallest absolute Gasteiger partial charge is 0.313 e. The van der Waals surface area contributed by atoms with Crippen LogP contribution in [0.1, 0.15) is 49.8 Å². The van der Waals surface area contributed by atoms with Crippen LogP contribution in [0.15, 0.2) is 72.8 Å². The zero-order valence-corrected chi connectivity index (χ0v) is 27.3. The molecule has 0 bridgehead atoms. The maximum atomic E-state index is 14.7. The van der Waals surface area contributed by atoms with Crippen LogP contribution in [-0.2, 0) is 28.7 Å². The van der Waals surface area contributed by atoms with Crippen LogP contribution in [0.3, 0.4) is 0 Å². The number of unbranched alkanes of at least 4 members (excludes halogenated alkanes) is 1. The summed E-state index contributed by atoms with van der Waals surface area (Å²) in [4.78, 5) is 59.5. The number of para-hydroxylation sites is 1. The van der Waals surface area contributed by atoms with E-state index in [-0.39, 0.29) is 43.8 Å². The number of halogens is 1. The maximum Gasteiger partial charge on any atom is 0.313 e. The fourth-order valence-electron chi connectivity index (χ4n) is 7.50. The molecule has 4 aliphatic rings. The van der Waals surface area contributed by atoms with Gasteiger partial charge in [-0.3, -0.25) is 19.2 Å². The number of hydrogen-bond acceptors (Lipinski definition) is 7. The summed E-state index contributed by atoms with van der Waals surface area (Å²) in [6.07, 6.45) is 6.85. The summed E-state index contributed by atoms with van der Waals surface area (Å²) in [5, 5.41) is 12.9. The monoisotopic (exact) mass is 661 g/mol. The van der Waals surface area contributed by atoms with Gasteiger partial charge in [0, 0.05) is 26.1 Å². The number of esters is 1. The van der Waals surface area contributed by atoms with E-state index in [2.05, 4.69) is 5.32 Å². The molecule has 6 rings (SSSR count). The molecule has 10 nitrogen and oxygen atoms in total. The number of cyclic esters (lactones) is 1. The molecule has 2 N–H and O–H groups in total. The molecular weight excluding hydrogens is 622 g/mol. The van der Waals surface area contributed by atoms with Crippen molar-refractivity contribution in [1.29, 1.82) is 0 Å². The summed E-state index contributed by atoms with van der Waals surface area (Å²) in [6, 6.07) is 12.9. The Labute approximate surface area is 279 Å². The van der Waals surface area contributed by atoms with E-state index in [0.717, 1.165) is 5.56 Å². The highest BCUT2D eigenvalue weighted by molar-refractivity contribution is 6.34. The fourth-order valence-corrected chi connectivity index (χ4v) is 7.83. The highest BCUT2D eigenvalue weighted by Gasteiger charge is 2.71. The molecule has 2 fully saturated rings. The normalized spacial score (nSPS) is 31.6. The van der Waals surface area contributed by atoms with Gasteiger partial charge < -0.3 is 29.7 Å². The van der Waals surface area contributed by atoms with E-state index in [1.165, 1.54) is 4.90 Å². The Morgan fingerprint density at radius 1 is 1.02 bits per heavy atom. The first-order chi connectivity index (χ1) is 22.7. The van der Waals surface area contributed by atoms with Crippen molar-refractivity contribution >= 4 is 41.0 Å². The summed E-state index contributed by atoms with van der Waals surface area (Å²) < 4.78 is 13.0. The first-order valence-electron chi connectivity index (χ1n) is 16.2. The lowest BCUT2D eigenvalue weighted by Crippen LogP contribution is -2.55. The van der Waals surface area contributed by atoms with Gasteiger partial charge in [-0.25, -0.2) is 0 Å². The number of carbonyl (C=O) groups is 4. The largest absolute Gasteiger partial charge is 0.455 e. The number of likely N-dealkylation sites (tertiary alicyclic amines) is 1. The second-order valence-corrected chi connectivity index (χ2v) is 13.1. The van der Waals surface area contributed by atoms with Crippen molar-refractivity contribution in [3.8, 4) is 0 Å². The number of aliphatic hydroxyl groups excluding tert-OH is 1. The van der Waals surface area contributed by atoms with E-state index in [1.54, 1.807) is 42.2 Å². The second kappa shape index (κ2) is 13.6. The molecule has 1 spiro atoms. The van der Waals surface area contributed by atoms with Gasteiger partial charge in [-0.2, -0.15) is 0 Å². The van der Waals surface area contributed by atoms with Gasteiger partial charge in [0.15, 0.2) is 0 Å². The van der Waals surface area contributed by atoms with Crippen LogP contribution >= 0.6 is 11.6 Å². The van der Waals surface area contributed by atoms with E-state index in [1.807, 2.05) is 49.4 Å². The van der Waals surface area contributed by atoms with Crippen molar-refractivity contribution in [1.82, 2.24) is 10.2 Å². The van der Waals surface area contributed by atoms with Crippen molar-refractivity contribution in [2.24, 2.45) is 11.8 Å². The highest BCUT2D eigenvalue weighted by Crippen LogP contribution is 2.54. The van der Waals surface area contributed by atoms with Gasteiger partial charge in [0.2, 0.25) is 11.8 Å². The Bertz CT molecular complexity index is 1580. The summed E-state index contributed by atoms with van der Waals surface area (Å²) in [5.41, 5.74) is 0.570. The van der Waals surface area contributed by atoms with Crippen molar-refractivity contribution in [2.45, 2.75) is 69.4 Å². The molecule has 0 saturated carbocycles. The summed E-state index contributed by atoms with van der Waals surface area (Å²) in [6.45, 7) is 3.97. The van der Waals surface area contributed by atoms with E-state index in [0.29, 0.717) is 35.5 Å². The lowest BCUT2D eigenvalue weighted by atomic mass is 9.77. The van der Waals surface area contributed by atoms with Gasteiger partial charge in [-0.05, 0) is 50.3 Å². The third kappa shape index (κ3) is 5.98. The lowest BCUT2D eigenvalue weighted by Gasteiger charge is -2.36. The van der Waals surface area contributed by atoms with Crippen LogP contribution in [0.4, 0.5) is 5.69 Å². The molecule has 11 heteroatoms. The van der Waals surface area contributed by atoms with Crippen molar-refractivity contribution in [3.05, 3.63) is 89.0 Å². The Kier molecular flexibility index (Phi) is 9.55. The number of amides is 3. The third-order valence-corrected chi connectivity index (χ3v) is 9.91. The number of aryl methyl sites for hydroxylation is 1. The molecule has 4 aliphatic heterocycles. The fraction of sp³-hybridized carbons (Fsp3) is 0.444. The molecule has 7 atom stereocenters. The number of ether oxygens (including phenoxy) is 2. The van der Waals surface area contributed by atoms with Crippen molar-refractivity contribution in [2.75, 3.05) is 24.6 Å². The van der Waals surface area contributed by atoms with Gasteiger partial charge in [-0.15, -0.1) is 0 Å². The molecule has 2 saturated heterocycles. The minimum absolute atomic E-state index is 0.0615. The van der Waals surface area contributed by atoms with Crippen LogP contribution < -0.4 is 10.2 Å². The Balaban J connectivity index is 1.45. The number of aliphatic hydroxyl groups is 1. The number of nitrogens with one attached hydrogen (secondary N) is 1. The van der Waals surface area contributed by atoms with E-state index >= 15 is 0 Å². The van der Waals surface area contributed by atoms with Crippen LogP contribution in [0.2, 0.25) is 5.02 Å². The Hall–Kier alpha value is -3.99. The molecular formula is C36H40ClN3O7. The summed E-state index contributed by atoms with van der Waals surface area (Å²) in [5.74, 6) is -3.70. The van der Waals surface area contributed by atoms with E-state index < -0.39 is 47.7 Å². The van der Waals surface area contributed by atoms with E-state index in [9.17, 15) is 24.3 Å². The lowest BCUT2D eigenvalue weighted by molar-refractivity contribution is -0.161. The maximum absolute atomic E-state index is 14.7. The van der Waals surface area contributed by atoms with Gasteiger partial charge in [-0.1, -0.05) is 78.4 Å². The Morgan fingerprint density at radius 2 is 1.81 bits per heavy atom. The number of carbonyl (C=O) groups excluding carboxylic acids is 4. The second-order valence-electron chi connectivity index (χ2n) is 12.7. The minimum atomic E-state index is -1.47. The molecule has 0 unspecified atom stereocenters. The average molecular weight is 662 g/mol. The molecule has 0 aromatic heterocycles. The van der Waals surface area contributed by atoms with Crippen LogP contribution in [0.5, 0.6) is 0 Å². The predicted octanol–water partition coefficient (Wildman–Crippen LogP) is 4.04. The number of benzene rings is 2. The molecule has 0 radical (unpaired) electrons. The SMILES string of the molecule is Cc1cccc(Cl)c1N1CC=C[C@@]23O[C@H]4/C=C\CCC(=O)N[C@@H](C)[C@H](c5ccccc5)OC(=O)[C@H]4[C@@H]2C(=O)N(CCCCO)[C@H]3C1=O. The number of rotatable bonds is 6. The van der Waals surface area contributed by atoms with Gasteiger partial charge in [0.05, 0.1) is 28.8 Å². The molecule has 2 aromatic carbocycles. The predicted molar refractivity (Wildman–Crippen MR) is 175 cm³/mol. The van der Waals surface area contributed by atoms with Gasteiger partial charge >= 0.3 is 5.97 Å². The summed E-state index contributed by atoms with van der Waals surface area (Å²) >= 11 is 6.64. The number of nitrogens with zero attached hydrogens (tertiary/aromatic N) is 2. The molecule has 47 heavy (non-hydrogen) atoms. The molecule has 248 valence electrons. The molecule has 4 heterocycles. The van der Waals surface area contributed by atoms with Crippen LogP contribution in [-0.4, -0.2) is 77.2 Å².